The lowest BCUT2D eigenvalue weighted by molar-refractivity contribution is 0.887. The van der Waals surface area contributed by atoms with Gasteiger partial charge < -0.3 is 9.30 Å². The van der Waals surface area contributed by atoms with Crippen LogP contribution in [0.25, 0.3) is 5.65 Å². The average molecular weight is 317 g/mol. The first kappa shape index (κ1) is 12.2. The molecule has 0 radical (unpaired) electrons. The molecule has 0 bridgehead atoms. The Hall–Kier alpha value is -1.88. The summed E-state index contributed by atoms with van der Waals surface area (Å²) in [6.45, 7) is 0.798. The van der Waals surface area contributed by atoms with Gasteiger partial charge >= 0.3 is 0 Å². The molecule has 3 aromatic rings. The smallest absolute Gasteiger partial charge is 0.180 e. The first-order valence-corrected chi connectivity index (χ1v) is 6.77. The Morgan fingerprint density at radius 3 is 2.84 bits per heavy atom. The van der Waals surface area contributed by atoms with Crippen molar-refractivity contribution in [2.75, 3.05) is 11.9 Å². The molecule has 19 heavy (non-hydrogen) atoms. The second-order valence-electron chi connectivity index (χ2n) is 4.39. The van der Waals surface area contributed by atoms with Gasteiger partial charge in [-0.3, -0.25) is 0 Å². The molecule has 1 aromatic carbocycles. The van der Waals surface area contributed by atoms with Gasteiger partial charge in [-0.05, 0) is 21.5 Å². The summed E-state index contributed by atoms with van der Waals surface area (Å²) in [5, 5.41) is 0. The molecule has 0 aliphatic carbocycles. The van der Waals surface area contributed by atoms with E-state index < -0.39 is 0 Å². The van der Waals surface area contributed by atoms with Gasteiger partial charge in [0.05, 0.1) is 0 Å². The topological polar surface area (TPSA) is 33.4 Å². The number of anilines is 1. The minimum Gasteiger partial charge on any atom is -0.352 e. The first-order chi connectivity index (χ1) is 9.24. The number of imidazole rings is 1. The fourth-order valence-corrected chi connectivity index (χ4v) is 2.46. The molecule has 4 nitrogen and oxygen atoms in total. The van der Waals surface area contributed by atoms with Gasteiger partial charge in [0.1, 0.15) is 4.60 Å². The van der Waals surface area contributed by atoms with Crippen LogP contribution in [-0.4, -0.2) is 21.4 Å². The van der Waals surface area contributed by atoms with Crippen molar-refractivity contribution >= 4 is 27.4 Å². The lowest BCUT2D eigenvalue weighted by Gasteiger charge is -2.19. The predicted octanol–water partition coefficient (Wildman–Crippen LogP) is 3.13. The lowest BCUT2D eigenvalue weighted by atomic mass is 10.2. The van der Waals surface area contributed by atoms with Gasteiger partial charge in [-0.15, -0.1) is 0 Å². The Morgan fingerprint density at radius 1 is 1.26 bits per heavy atom. The molecule has 3 rings (SSSR count). The maximum absolute atomic E-state index is 4.53. The highest BCUT2D eigenvalue weighted by Gasteiger charge is 2.11. The van der Waals surface area contributed by atoms with Gasteiger partial charge in [0.15, 0.2) is 11.5 Å². The second kappa shape index (κ2) is 5.01. The molecular weight excluding hydrogens is 304 g/mol. The summed E-state index contributed by atoms with van der Waals surface area (Å²) in [6.07, 6.45) is 5.60. The second-order valence-corrected chi connectivity index (χ2v) is 5.20. The van der Waals surface area contributed by atoms with Gasteiger partial charge in [-0.25, -0.2) is 9.97 Å². The van der Waals surface area contributed by atoms with E-state index in [9.17, 15) is 0 Å². The maximum atomic E-state index is 4.53. The molecule has 0 unspecified atom stereocenters. The Bertz CT molecular complexity index is 693. The van der Waals surface area contributed by atoms with Crippen molar-refractivity contribution in [1.29, 1.82) is 0 Å². The number of aromatic nitrogens is 3. The van der Waals surface area contributed by atoms with E-state index >= 15 is 0 Å². The summed E-state index contributed by atoms with van der Waals surface area (Å²) in [6, 6.07) is 10.3. The summed E-state index contributed by atoms with van der Waals surface area (Å²) >= 11 is 3.44. The minimum atomic E-state index is 0.798. The van der Waals surface area contributed by atoms with Gasteiger partial charge in [-0.1, -0.05) is 30.3 Å². The summed E-state index contributed by atoms with van der Waals surface area (Å²) in [4.78, 5) is 11.0. The number of hydrogen-bond donors (Lipinski definition) is 0. The minimum absolute atomic E-state index is 0.798. The van der Waals surface area contributed by atoms with Gasteiger partial charge in [-0.2, -0.15) is 0 Å². The predicted molar refractivity (Wildman–Crippen MR) is 79.2 cm³/mol. The van der Waals surface area contributed by atoms with Gasteiger partial charge in [0, 0.05) is 32.2 Å². The lowest BCUT2D eigenvalue weighted by Crippen LogP contribution is -2.19. The first-order valence-electron chi connectivity index (χ1n) is 5.98. The van der Waals surface area contributed by atoms with Crippen LogP contribution in [0.2, 0.25) is 0 Å². The van der Waals surface area contributed by atoms with Crippen LogP contribution < -0.4 is 4.90 Å². The van der Waals surface area contributed by atoms with Crippen LogP contribution in [0, 0.1) is 0 Å². The summed E-state index contributed by atoms with van der Waals surface area (Å²) in [7, 11) is 2.02. The zero-order valence-corrected chi connectivity index (χ0v) is 12.1. The highest BCUT2D eigenvalue weighted by atomic mass is 79.9. The monoisotopic (exact) mass is 316 g/mol. The van der Waals surface area contributed by atoms with Crippen LogP contribution in [-0.2, 0) is 6.54 Å². The van der Waals surface area contributed by atoms with Crippen LogP contribution in [0.15, 0.2) is 53.5 Å². The molecule has 0 saturated carbocycles. The Labute approximate surface area is 119 Å². The molecule has 5 heteroatoms. The van der Waals surface area contributed by atoms with Gasteiger partial charge in [0.25, 0.3) is 0 Å². The molecule has 0 aliphatic rings. The van der Waals surface area contributed by atoms with Crippen molar-refractivity contribution in [3.8, 4) is 0 Å². The Morgan fingerprint density at radius 2 is 2.05 bits per heavy atom. The van der Waals surface area contributed by atoms with Crippen molar-refractivity contribution in [3.05, 3.63) is 59.1 Å². The molecule has 0 atom stereocenters. The number of halogens is 1. The molecule has 2 heterocycles. The van der Waals surface area contributed by atoms with Crippen molar-refractivity contribution in [3.63, 3.8) is 0 Å². The van der Waals surface area contributed by atoms with Crippen LogP contribution in [0.1, 0.15) is 5.56 Å². The summed E-state index contributed by atoms with van der Waals surface area (Å²) in [5.74, 6) is 0.864. The van der Waals surface area contributed by atoms with E-state index in [0.717, 1.165) is 22.6 Å². The van der Waals surface area contributed by atoms with Crippen LogP contribution >= 0.6 is 15.9 Å². The van der Waals surface area contributed by atoms with Gasteiger partial charge in [0.2, 0.25) is 0 Å². The van der Waals surface area contributed by atoms with E-state index in [2.05, 4.69) is 42.9 Å². The Kier molecular flexibility index (Phi) is 3.21. The molecule has 0 N–H and O–H groups in total. The van der Waals surface area contributed by atoms with Crippen molar-refractivity contribution in [2.45, 2.75) is 6.54 Å². The van der Waals surface area contributed by atoms with Crippen LogP contribution in [0.3, 0.4) is 0 Å². The quantitative estimate of drug-likeness (QED) is 0.744. The van der Waals surface area contributed by atoms with Crippen molar-refractivity contribution in [1.82, 2.24) is 14.4 Å². The molecular formula is C14H13BrN4. The number of nitrogens with zero attached hydrogens (tertiary/aromatic N) is 4. The zero-order chi connectivity index (χ0) is 13.2. The fraction of sp³-hybridized carbons (Fsp3) is 0.143. The molecule has 0 aliphatic heterocycles. The largest absolute Gasteiger partial charge is 0.352 e. The molecule has 2 aromatic heterocycles. The fourth-order valence-electron chi connectivity index (χ4n) is 2.07. The number of rotatable bonds is 3. The third-order valence-corrected chi connectivity index (χ3v) is 3.33. The molecule has 0 amide bonds. The third kappa shape index (κ3) is 2.46. The van der Waals surface area contributed by atoms with Crippen LogP contribution in [0.5, 0.6) is 0 Å². The summed E-state index contributed by atoms with van der Waals surface area (Å²) in [5.41, 5.74) is 2.11. The van der Waals surface area contributed by atoms with Crippen molar-refractivity contribution in [2.24, 2.45) is 0 Å². The highest BCUT2D eigenvalue weighted by Crippen LogP contribution is 2.21. The molecule has 0 spiro atoms. The average Bonchev–Trinajstić information content (AvgIpc) is 2.86. The van der Waals surface area contributed by atoms with E-state index in [4.69, 9.17) is 0 Å². The number of fused-ring (bicyclic) bond motifs is 1. The third-order valence-electron chi connectivity index (χ3n) is 2.95. The molecule has 96 valence electrons. The molecule has 0 saturated heterocycles. The number of hydrogen-bond acceptors (Lipinski definition) is 3. The summed E-state index contributed by atoms with van der Waals surface area (Å²) < 4.78 is 2.77. The van der Waals surface area contributed by atoms with E-state index in [1.807, 2.05) is 42.0 Å². The zero-order valence-electron chi connectivity index (χ0n) is 10.5. The molecule has 0 fully saturated rings. The normalized spacial score (nSPS) is 10.8. The Balaban J connectivity index is 1.97. The van der Waals surface area contributed by atoms with E-state index in [1.165, 1.54) is 5.56 Å². The van der Waals surface area contributed by atoms with E-state index in [-0.39, 0.29) is 0 Å². The van der Waals surface area contributed by atoms with E-state index in [0.29, 0.717) is 0 Å². The van der Waals surface area contributed by atoms with Crippen molar-refractivity contribution < 1.29 is 0 Å². The highest BCUT2D eigenvalue weighted by molar-refractivity contribution is 9.10. The standard InChI is InChI=1S/C14H13BrN4/c1-18(9-11-5-3-2-4-6-11)14-13-16-7-8-19(13)10-12(15)17-14/h2-8,10H,9H2,1H3. The van der Waals surface area contributed by atoms with E-state index in [1.54, 1.807) is 6.20 Å². The number of benzene rings is 1. The van der Waals surface area contributed by atoms with Crippen LogP contribution in [0.4, 0.5) is 5.82 Å². The SMILES string of the molecule is CN(Cc1ccccc1)c1nc(Br)cn2ccnc12. The maximum Gasteiger partial charge on any atom is 0.180 e.